The Labute approximate surface area is 408 Å². The van der Waals surface area contributed by atoms with E-state index in [1.807, 2.05) is 0 Å². The molecule has 0 unspecified atom stereocenters. The number of carboxylic acid groups (broad SMARTS) is 1. The number of nitrogens with zero attached hydrogens (tertiary/aromatic N) is 3. The van der Waals surface area contributed by atoms with Crippen LogP contribution in [0.5, 0.6) is 5.75 Å². The third-order valence-electron chi connectivity index (χ3n) is 12.5. The molecule has 374 valence electrons. The summed E-state index contributed by atoms with van der Waals surface area (Å²) in [5.74, 6) is -5.92. The van der Waals surface area contributed by atoms with E-state index >= 15 is 4.39 Å². The van der Waals surface area contributed by atoms with E-state index in [2.05, 4.69) is 31.9 Å². The van der Waals surface area contributed by atoms with Crippen molar-refractivity contribution in [3.05, 3.63) is 96.5 Å². The number of aromatic nitrogens is 2. The standard InChI is InChI=1S/C46H44BrFN6O17/c1-3-46(67)24-13-28-36-22(16-54(28)41(62)23(24)18-68-44(46)65)21(34-27(52-36)14-25(47)19(2)35(34)48)15-50-45(66)69-17-20-4-5-29(70-43-39(61)37(59)38(60)40(71-43)42(63)64)26(12-20)51-31(56)8-10-49-30(55)9-11-53-32(57)6-7-33(53)58/h4-7,12-14,37-40,43,59-61,67H,3,8-11,15-18H2,1-2H3,(H,49,55)(H,50,66)(H,51,56)(H,63,64)/t37-,38-,39+,40-,43+,46-/m0/s1. The Morgan fingerprint density at radius 3 is 2.41 bits per heavy atom. The van der Waals surface area contributed by atoms with Crippen molar-refractivity contribution in [1.29, 1.82) is 0 Å². The van der Waals surface area contributed by atoms with Gasteiger partial charge in [0.1, 0.15) is 43.1 Å². The molecule has 1 saturated heterocycles. The van der Waals surface area contributed by atoms with Crippen molar-refractivity contribution in [2.45, 2.75) is 95.7 Å². The Morgan fingerprint density at radius 2 is 1.70 bits per heavy atom. The molecule has 4 aromatic rings. The average Bonchev–Trinajstić information content (AvgIpc) is 3.87. The van der Waals surface area contributed by atoms with Gasteiger partial charge >= 0.3 is 18.0 Å². The maximum atomic E-state index is 16.2. The second kappa shape index (κ2) is 19.9. The van der Waals surface area contributed by atoms with E-state index in [0.29, 0.717) is 10.0 Å². The number of hydrogen-bond acceptors (Lipinski definition) is 17. The minimum Gasteiger partial charge on any atom is -0.479 e. The minimum atomic E-state index is -2.10. The molecule has 0 radical (unpaired) electrons. The number of alkyl carbamates (subject to hydrolysis) is 1. The van der Waals surface area contributed by atoms with Gasteiger partial charge < -0.3 is 65.0 Å². The molecule has 2 aromatic carbocycles. The highest BCUT2D eigenvalue weighted by atomic mass is 79.9. The molecule has 6 atom stereocenters. The fourth-order valence-electron chi connectivity index (χ4n) is 8.53. The number of esters is 1. The van der Waals surface area contributed by atoms with Gasteiger partial charge in [-0.25, -0.2) is 23.8 Å². The number of carboxylic acids is 1. The van der Waals surface area contributed by atoms with Crippen molar-refractivity contribution >= 4 is 74.2 Å². The fraction of sp³-hybridized carbons (Fsp3) is 0.370. The monoisotopic (exact) mass is 1050 g/mol. The third kappa shape index (κ3) is 9.58. The quantitative estimate of drug-likeness (QED) is 0.0530. The number of cyclic esters (lactones) is 1. The van der Waals surface area contributed by atoms with Gasteiger partial charge in [0, 0.05) is 65.6 Å². The number of pyridine rings is 2. The first-order valence-electron chi connectivity index (χ1n) is 21.9. The summed E-state index contributed by atoms with van der Waals surface area (Å²) in [6.07, 6.45) is -9.48. The minimum absolute atomic E-state index is 0.0471. The van der Waals surface area contributed by atoms with Crippen molar-refractivity contribution in [1.82, 2.24) is 25.1 Å². The van der Waals surface area contributed by atoms with Gasteiger partial charge in [0.25, 0.3) is 17.4 Å². The third-order valence-corrected chi connectivity index (χ3v) is 13.3. The maximum absolute atomic E-state index is 16.2. The average molecular weight is 1050 g/mol. The number of amides is 5. The number of nitrogens with one attached hydrogen (secondary N) is 3. The lowest BCUT2D eigenvalue weighted by Crippen LogP contribution is -2.61. The highest BCUT2D eigenvalue weighted by molar-refractivity contribution is 9.10. The lowest BCUT2D eigenvalue weighted by Gasteiger charge is -2.38. The highest BCUT2D eigenvalue weighted by Gasteiger charge is 2.49. The van der Waals surface area contributed by atoms with Crippen molar-refractivity contribution in [3.8, 4) is 17.1 Å². The largest absolute Gasteiger partial charge is 0.479 e. The van der Waals surface area contributed by atoms with E-state index in [1.165, 1.54) is 35.8 Å². The Kier molecular flexibility index (Phi) is 14.1. The zero-order chi connectivity index (χ0) is 51.2. The van der Waals surface area contributed by atoms with Gasteiger partial charge in [-0.05, 0) is 54.3 Å². The summed E-state index contributed by atoms with van der Waals surface area (Å²) in [5, 5.41) is 59.7. The van der Waals surface area contributed by atoms with Crippen molar-refractivity contribution in [2.75, 3.05) is 18.4 Å². The summed E-state index contributed by atoms with van der Waals surface area (Å²) < 4.78 is 39.6. The van der Waals surface area contributed by atoms with E-state index in [9.17, 15) is 63.9 Å². The number of carbonyl (C=O) groups excluding carboxylic acids is 6. The molecule has 8 rings (SSSR count). The normalized spacial score (nSPS) is 22.1. The molecule has 0 saturated carbocycles. The number of halogens is 2. The lowest BCUT2D eigenvalue weighted by atomic mass is 9.86. The van der Waals surface area contributed by atoms with Crippen LogP contribution >= 0.6 is 15.9 Å². The molecule has 0 aliphatic carbocycles. The van der Waals surface area contributed by atoms with Crippen LogP contribution < -0.4 is 26.2 Å². The molecule has 6 heterocycles. The molecule has 4 aliphatic heterocycles. The lowest BCUT2D eigenvalue weighted by molar-refractivity contribution is -0.271. The summed E-state index contributed by atoms with van der Waals surface area (Å²) in [6, 6.07) is 6.97. The Balaban J connectivity index is 1.00. The Hall–Kier alpha value is -7.16. The summed E-state index contributed by atoms with van der Waals surface area (Å²) in [6.45, 7) is 1.39. The second-order valence-electron chi connectivity index (χ2n) is 16.9. The van der Waals surface area contributed by atoms with Crippen LogP contribution in [0.4, 0.5) is 14.9 Å². The van der Waals surface area contributed by atoms with Crippen molar-refractivity contribution in [3.63, 3.8) is 0 Å². The number of rotatable bonds is 15. The zero-order valence-corrected chi connectivity index (χ0v) is 39.1. The number of aliphatic hydroxyl groups is 4. The first-order chi connectivity index (χ1) is 33.7. The number of benzene rings is 2. The SMILES string of the molecule is CC[C@@]1(O)C(=O)OCc2c1cc1n(c2=O)Cc2c-1nc1cc(Br)c(C)c(F)c1c2CNC(=O)OCc1ccc(O[C@@H]2O[C@H](C(=O)O)[C@@H](O)[C@H](O)[C@H]2O)c(NC(=O)CCNC(=O)CCN2C(=O)C=CC2=O)c1. The van der Waals surface area contributed by atoms with E-state index in [0.717, 1.165) is 17.1 Å². The number of fused-ring (bicyclic) bond motifs is 5. The molecule has 5 amide bonds. The van der Waals surface area contributed by atoms with Gasteiger partial charge in [0.05, 0.1) is 34.7 Å². The highest BCUT2D eigenvalue weighted by Crippen LogP contribution is 2.42. The van der Waals surface area contributed by atoms with E-state index in [1.54, 1.807) is 13.0 Å². The van der Waals surface area contributed by atoms with Crippen molar-refractivity contribution < 1.29 is 82.4 Å². The zero-order valence-electron chi connectivity index (χ0n) is 37.5. The molecule has 25 heteroatoms. The van der Waals surface area contributed by atoms with Crippen LogP contribution in [-0.4, -0.2) is 125 Å². The molecule has 23 nitrogen and oxygen atoms in total. The summed E-state index contributed by atoms with van der Waals surface area (Å²) in [5.41, 5.74) is -0.938. The molecule has 4 aliphatic rings. The smallest absolute Gasteiger partial charge is 0.407 e. The number of ether oxygens (including phenoxy) is 4. The van der Waals surface area contributed by atoms with Crippen LogP contribution in [-0.2, 0) is 74.9 Å². The number of aliphatic carboxylic acids is 1. The molecule has 71 heavy (non-hydrogen) atoms. The summed E-state index contributed by atoms with van der Waals surface area (Å²) >= 11 is 3.36. The molecule has 0 bridgehead atoms. The van der Waals surface area contributed by atoms with Gasteiger partial charge in [-0.15, -0.1) is 0 Å². The Morgan fingerprint density at radius 1 is 0.972 bits per heavy atom. The number of hydrogen-bond donors (Lipinski definition) is 8. The fourth-order valence-corrected chi connectivity index (χ4v) is 8.93. The number of carbonyl (C=O) groups is 7. The van der Waals surface area contributed by atoms with Gasteiger partial charge in [-0.2, -0.15) is 0 Å². The van der Waals surface area contributed by atoms with Gasteiger partial charge in [-0.3, -0.25) is 28.9 Å². The Bertz CT molecular complexity index is 3020. The van der Waals surface area contributed by atoms with Crippen LogP contribution in [0.1, 0.15) is 59.6 Å². The topological polar surface area (TPSA) is 332 Å². The number of aliphatic hydroxyl groups excluding tert-OH is 3. The molecule has 0 spiro atoms. The first-order valence-corrected chi connectivity index (χ1v) is 22.7. The molecule has 1 fully saturated rings. The van der Waals surface area contributed by atoms with Crippen molar-refractivity contribution in [2.24, 2.45) is 0 Å². The number of anilines is 1. The van der Waals surface area contributed by atoms with E-state index in [4.69, 9.17) is 23.9 Å². The molecule has 8 N–H and O–H groups in total. The molecular weight excluding hydrogens is 1010 g/mol. The van der Waals surface area contributed by atoms with Crippen LogP contribution in [0.2, 0.25) is 0 Å². The van der Waals surface area contributed by atoms with Crippen LogP contribution in [0.25, 0.3) is 22.3 Å². The van der Waals surface area contributed by atoms with E-state index in [-0.39, 0.29) is 114 Å². The van der Waals surface area contributed by atoms with Gasteiger partial charge in [0.15, 0.2) is 11.7 Å². The van der Waals surface area contributed by atoms with Crippen LogP contribution in [0, 0.1) is 12.7 Å². The predicted octanol–water partition coefficient (Wildman–Crippen LogP) is 0.747. The van der Waals surface area contributed by atoms with Gasteiger partial charge in [-0.1, -0.05) is 28.9 Å². The van der Waals surface area contributed by atoms with E-state index < -0.39 is 96.0 Å². The van der Waals surface area contributed by atoms with Crippen LogP contribution in [0.3, 0.4) is 0 Å². The van der Waals surface area contributed by atoms with Gasteiger partial charge in [0.2, 0.25) is 18.1 Å². The second-order valence-corrected chi connectivity index (χ2v) is 17.7. The first kappa shape index (κ1) is 50.2. The summed E-state index contributed by atoms with van der Waals surface area (Å²) in [4.78, 5) is 107. The predicted molar refractivity (Wildman–Crippen MR) is 242 cm³/mol. The van der Waals surface area contributed by atoms with Crippen LogP contribution in [0.15, 0.2) is 51.8 Å². The number of imide groups is 1. The summed E-state index contributed by atoms with van der Waals surface area (Å²) in [7, 11) is 0. The molecular formula is C46H44BrFN6O17. The maximum Gasteiger partial charge on any atom is 0.407 e. The molecule has 2 aromatic heterocycles.